The third kappa shape index (κ3) is 2.57. The van der Waals surface area contributed by atoms with Crippen molar-refractivity contribution in [3.05, 3.63) is 29.8 Å². The standard InChI is InChI=1S/C11H16N2O/c1-3-9(2)10-6-4-5-7-11(10)12-8-13-14/h4-9,14H,3H2,1-2H3,(H,12,13). The summed E-state index contributed by atoms with van der Waals surface area (Å²) >= 11 is 0. The molecule has 0 saturated carbocycles. The molecule has 0 saturated heterocycles. The Kier molecular flexibility index (Phi) is 4.13. The topological polar surface area (TPSA) is 44.6 Å². The van der Waals surface area contributed by atoms with E-state index in [9.17, 15) is 0 Å². The zero-order valence-electron chi connectivity index (χ0n) is 8.57. The summed E-state index contributed by atoms with van der Waals surface area (Å²) in [5.41, 5.74) is 4.02. The molecule has 0 radical (unpaired) electrons. The largest absolute Gasteiger partial charge is 0.290 e. The van der Waals surface area contributed by atoms with Crippen molar-refractivity contribution < 1.29 is 5.21 Å². The third-order valence-corrected chi connectivity index (χ3v) is 2.34. The van der Waals surface area contributed by atoms with Crippen molar-refractivity contribution in [2.45, 2.75) is 26.2 Å². The number of aliphatic imine (C=N–C) groups is 1. The lowest BCUT2D eigenvalue weighted by atomic mass is 9.97. The molecule has 0 amide bonds. The fraction of sp³-hybridized carbons (Fsp3) is 0.364. The molecular weight excluding hydrogens is 176 g/mol. The predicted octanol–water partition coefficient (Wildman–Crippen LogP) is 2.84. The maximum Gasteiger partial charge on any atom is 0.113 e. The number of rotatable bonds is 4. The van der Waals surface area contributed by atoms with E-state index in [4.69, 9.17) is 5.21 Å². The zero-order valence-corrected chi connectivity index (χ0v) is 8.57. The highest BCUT2D eigenvalue weighted by molar-refractivity contribution is 5.62. The Morgan fingerprint density at radius 2 is 2.21 bits per heavy atom. The van der Waals surface area contributed by atoms with E-state index in [0.717, 1.165) is 12.1 Å². The second kappa shape index (κ2) is 5.40. The van der Waals surface area contributed by atoms with Gasteiger partial charge in [-0.2, -0.15) is 0 Å². The van der Waals surface area contributed by atoms with Crippen LogP contribution >= 0.6 is 0 Å². The lowest BCUT2D eigenvalue weighted by Crippen LogP contribution is -2.01. The van der Waals surface area contributed by atoms with Crippen LogP contribution in [0, 0.1) is 0 Å². The molecule has 3 heteroatoms. The van der Waals surface area contributed by atoms with Gasteiger partial charge in [-0.1, -0.05) is 32.0 Å². The number of nitrogens with zero attached hydrogens (tertiary/aromatic N) is 1. The number of hydroxylamine groups is 1. The molecule has 1 atom stereocenters. The molecule has 3 nitrogen and oxygen atoms in total. The van der Waals surface area contributed by atoms with Crippen LogP contribution in [0.5, 0.6) is 0 Å². The minimum absolute atomic E-state index is 0.488. The molecule has 0 aliphatic heterocycles. The van der Waals surface area contributed by atoms with Gasteiger partial charge in [-0.3, -0.25) is 10.7 Å². The van der Waals surface area contributed by atoms with Gasteiger partial charge in [0.2, 0.25) is 0 Å². The fourth-order valence-electron chi connectivity index (χ4n) is 1.34. The molecule has 76 valence electrons. The quantitative estimate of drug-likeness (QED) is 0.437. The Morgan fingerprint density at radius 3 is 2.86 bits per heavy atom. The Hall–Kier alpha value is -1.35. The SMILES string of the molecule is CCC(C)c1ccccc1N=CNO. The van der Waals surface area contributed by atoms with Gasteiger partial charge in [-0.15, -0.1) is 0 Å². The summed E-state index contributed by atoms with van der Waals surface area (Å²) < 4.78 is 0. The van der Waals surface area contributed by atoms with Crippen molar-refractivity contribution in [2.24, 2.45) is 4.99 Å². The number of nitrogens with one attached hydrogen (secondary N) is 1. The lowest BCUT2D eigenvalue weighted by Gasteiger charge is -2.11. The number of hydrogen-bond acceptors (Lipinski definition) is 2. The molecule has 1 unspecified atom stereocenters. The molecule has 1 rings (SSSR count). The summed E-state index contributed by atoms with van der Waals surface area (Å²) in [6, 6.07) is 7.95. The first-order chi connectivity index (χ1) is 6.79. The van der Waals surface area contributed by atoms with Crippen LogP contribution in [0.1, 0.15) is 31.7 Å². The van der Waals surface area contributed by atoms with Gasteiger partial charge in [0.05, 0.1) is 5.69 Å². The Morgan fingerprint density at radius 1 is 1.50 bits per heavy atom. The summed E-state index contributed by atoms with van der Waals surface area (Å²) in [5, 5.41) is 8.41. The normalized spacial score (nSPS) is 13.1. The van der Waals surface area contributed by atoms with Crippen LogP contribution in [0.15, 0.2) is 29.3 Å². The molecule has 1 aromatic rings. The minimum atomic E-state index is 0.488. The maximum atomic E-state index is 8.41. The van der Waals surface area contributed by atoms with E-state index in [1.165, 1.54) is 11.9 Å². The molecule has 0 aliphatic carbocycles. The van der Waals surface area contributed by atoms with Crippen molar-refractivity contribution in [2.75, 3.05) is 0 Å². The van der Waals surface area contributed by atoms with Gasteiger partial charge in [-0.25, -0.2) is 4.99 Å². The number of para-hydroxylation sites is 1. The van der Waals surface area contributed by atoms with Crippen molar-refractivity contribution in [1.82, 2.24) is 5.48 Å². The van der Waals surface area contributed by atoms with E-state index in [1.54, 1.807) is 0 Å². The molecule has 0 spiro atoms. The van der Waals surface area contributed by atoms with Crippen molar-refractivity contribution in [3.63, 3.8) is 0 Å². The minimum Gasteiger partial charge on any atom is -0.290 e. The van der Waals surface area contributed by atoms with E-state index in [1.807, 2.05) is 23.7 Å². The average molecular weight is 192 g/mol. The fourth-order valence-corrected chi connectivity index (χ4v) is 1.34. The summed E-state index contributed by atoms with van der Waals surface area (Å²) in [6.07, 6.45) is 2.36. The summed E-state index contributed by atoms with van der Waals surface area (Å²) in [5.74, 6) is 0.488. The third-order valence-electron chi connectivity index (χ3n) is 2.34. The van der Waals surface area contributed by atoms with Gasteiger partial charge in [0.1, 0.15) is 6.34 Å². The highest BCUT2D eigenvalue weighted by Gasteiger charge is 2.06. The van der Waals surface area contributed by atoms with Gasteiger partial charge in [0, 0.05) is 0 Å². The van der Waals surface area contributed by atoms with Crippen LogP contribution in [-0.2, 0) is 0 Å². The Bertz CT molecular complexity index is 310. The second-order valence-corrected chi connectivity index (χ2v) is 3.26. The van der Waals surface area contributed by atoms with Crippen LogP contribution in [-0.4, -0.2) is 11.5 Å². The highest BCUT2D eigenvalue weighted by Crippen LogP contribution is 2.28. The van der Waals surface area contributed by atoms with Gasteiger partial charge in [0.15, 0.2) is 0 Å². The lowest BCUT2D eigenvalue weighted by molar-refractivity contribution is 0.240. The zero-order chi connectivity index (χ0) is 10.4. The molecule has 0 aliphatic rings. The average Bonchev–Trinajstić information content (AvgIpc) is 2.25. The van der Waals surface area contributed by atoms with Gasteiger partial charge >= 0.3 is 0 Å². The molecule has 2 N–H and O–H groups in total. The van der Waals surface area contributed by atoms with E-state index >= 15 is 0 Å². The molecule has 0 aromatic heterocycles. The molecular formula is C11H16N2O. The van der Waals surface area contributed by atoms with Gasteiger partial charge in [0.25, 0.3) is 0 Å². The van der Waals surface area contributed by atoms with Crippen LogP contribution in [0.4, 0.5) is 5.69 Å². The van der Waals surface area contributed by atoms with Crippen LogP contribution < -0.4 is 5.48 Å². The van der Waals surface area contributed by atoms with Crippen LogP contribution in [0.3, 0.4) is 0 Å². The number of benzene rings is 1. The predicted molar refractivity (Wildman–Crippen MR) is 58.2 cm³/mol. The van der Waals surface area contributed by atoms with E-state index in [-0.39, 0.29) is 0 Å². The van der Waals surface area contributed by atoms with Gasteiger partial charge in [-0.05, 0) is 24.0 Å². The van der Waals surface area contributed by atoms with E-state index < -0.39 is 0 Å². The van der Waals surface area contributed by atoms with Crippen LogP contribution in [0.25, 0.3) is 0 Å². The molecule has 0 heterocycles. The highest BCUT2D eigenvalue weighted by atomic mass is 16.5. The first kappa shape index (κ1) is 10.7. The first-order valence-corrected chi connectivity index (χ1v) is 4.80. The summed E-state index contributed by atoms with van der Waals surface area (Å²) in [7, 11) is 0. The van der Waals surface area contributed by atoms with Crippen molar-refractivity contribution >= 4 is 12.0 Å². The Labute approximate surface area is 84.4 Å². The molecule has 1 aromatic carbocycles. The smallest absolute Gasteiger partial charge is 0.113 e. The van der Waals surface area contributed by atoms with Gasteiger partial charge < -0.3 is 0 Å². The molecule has 0 bridgehead atoms. The maximum absolute atomic E-state index is 8.41. The first-order valence-electron chi connectivity index (χ1n) is 4.80. The number of hydrogen-bond donors (Lipinski definition) is 2. The molecule has 0 fully saturated rings. The molecule has 14 heavy (non-hydrogen) atoms. The van der Waals surface area contributed by atoms with Crippen LogP contribution in [0.2, 0.25) is 0 Å². The van der Waals surface area contributed by atoms with E-state index in [2.05, 4.69) is 24.9 Å². The summed E-state index contributed by atoms with van der Waals surface area (Å²) in [6.45, 7) is 4.32. The van der Waals surface area contributed by atoms with E-state index in [0.29, 0.717) is 5.92 Å². The second-order valence-electron chi connectivity index (χ2n) is 3.26. The van der Waals surface area contributed by atoms with Crippen molar-refractivity contribution in [3.8, 4) is 0 Å². The monoisotopic (exact) mass is 192 g/mol. The summed E-state index contributed by atoms with van der Waals surface area (Å²) in [4.78, 5) is 4.11. The van der Waals surface area contributed by atoms with Crippen molar-refractivity contribution in [1.29, 1.82) is 0 Å². The Balaban J connectivity index is 2.96.